The number of phenolic OH excluding ortho intramolecular Hbond substituents is 1. The van der Waals surface area contributed by atoms with Crippen LogP contribution < -0.4 is 10.6 Å². The van der Waals surface area contributed by atoms with Gasteiger partial charge in [-0.15, -0.1) is 0 Å². The third-order valence-corrected chi connectivity index (χ3v) is 4.28. The molecule has 3 rings (SSSR count). The molecule has 140 valence electrons. The first-order valence-corrected chi connectivity index (χ1v) is 9.24. The number of benzene rings is 2. The highest BCUT2D eigenvalue weighted by molar-refractivity contribution is 7.80. The zero-order valence-corrected chi connectivity index (χ0v) is 16.0. The molecule has 1 heterocycles. The topological polar surface area (TPSA) is 87.4 Å². The Labute approximate surface area is 162 Å². The lowest BCUT2D eigenvalue weighted by atomic mass is 10.1. The van der Waals surface area contributed by atoms with E-state index in [0.717, 1.165) is 18.4 Å². The van der Waals surface area contributed by atoms with E-state index in [4.69, 9.17) is 16.6 Å². The summed E-state index contributed by atoms with van der Waals surface area (Å²) in [5.74, 6) is 0.208. The van der Waals surface area contributed by atoms with Crippen LogP contribution in [0.3, 0.4) is 0 Å². The maximum absolute atomic E-state index is 11.6. The molecule has 27 heavy (non-hydrogen) atoms. The second-order valence-corrected chi connectivity index (χ2v) is 6.57. The van der Waals surface area contributed by atoms with Gasteiger partial charge in [-0.3, -0.25) is 4.79 Å². The first-order chi connectivity index (χ1) is 13.0. The smallest absolute Gasteiger partial charge is 0.231 e. The molecule has 0 aliphatic heterocycles. The largest absolute Gasteiger partial charge is 0.507 e. The number of amides is 1. The molecular formula is C20H21N3O3S. The van der Waals surface area contributed by atoms with E-state index in [1.54, 1.807) is 12.1 Å². The van der Waals surface area contributed by atoms with Gasteiger partial charge in [0.25, 0.3) is 0 Å². The molecule has 0 radical (unpaired) electrons. The molecule has 0 atom stereocenters. The number of nitrogens with one attached hydrogen (secondary N) is 2. The average Bonchev–Trinajstić information content (AvgIpc) is 3.04. The molecule has 0 saturated heterocycles. The Morgan fingerprint density at radius 2 is 2.04 bits per heavy atom. The predicted octanol–water partition coefficient (Wildman–Crippen LogP) is 4.38. The summed E-state index contributed by atoms with van der Waals surface area (Å²) in [6.45, 7) is 4.00. The molecule has 3 N–H and O–H groups in total. The number of aromatic hydroxyl groups is 1. The van der Waals surface area contributed by atoms with Crippen molar-refractivity contribution in [3.05, 3.63) is 42.0 Å². The minimum Gasteiger partial charge on any atom is -0.507 e. The van der Waals surface area contributed by atoms with Crippen molar-refractivity contribution < 1.29 is 14.3 Å². The molecule has 2 aromatic carbocycles. The summed E-state index contributed by atoms with van der Waals surface area (Å²) in [4.78, 5) is 16.0. The van der Waals surface area contributed by atoms with Crippen LogP contribution in [0.5, 0.6) is 5.75 Å². The van der Waals surface area contributed by atoms with Crippen molar-refractivity contribution >= 4 is 40.0 Å². The molecular weight excluding hydrogens is 362 g/mol. The summed E-state index contributed by atoms with van der Waals surface area (Å²) in [5, 5.41) is 16.0. The van der Waals surface area contributed by atoms with Crippen LogP contribution in [0.25, 0.3) is 22.6 Å². The maximum atomic E-state index is 11.6. The van der Waals surface area contributed by atoms with E-state index in [1.165, 1.54) is 11.6 Å². The van der Waals surface area contributed by atoms with Crippen LogP contribution in [0.1, 0.15) is 32.3 Å². The number of fused-ring (bicyclic) bond motifs is 1. The molecule has 6 nitrogen and oxygen atoms in total. The molecule has 0 fully saturated rings. The summed E-state index contributed by atoms with van der Waals surface area (Å²) in [6.07, 6.45) is 2.07. The molecule has 7 heteroatoms. The van der Waals surface area contributed by atoms with E-state index in [0.29, 0.717) is 29.1 Å². The molecule has 1 amide bonds. The van der Waals surface area contributed by atoms with Crippen LogP contribution in [-0.4, -0.2) is 21.1 Å². The number of aromatic nitrogens is 1. The quantitative estimate of drug-likeness (QED) is 0.567. The van der Waals surface area contributed by atoms with Gasteiger partial charge in [0.2, 0.25) is 11.8 Å². The average molecular weight is 383 g/mol. The molecule has 0 unspecified atom stereocenters. The SMILES string of the molecule is CCCC(=O)NC(=S)Nc1ccc(-c2nc3cc(CC)ccc3o2)c(O)c1. The van der Waals surface area contributed by atoms with E-state index in [-0.39, 0.29) is 16.8 Å². The number of hydrogen-bond acceptors (Lipinski definition) is 5. The number of hydrogen-bond donors (Lipinski definition) is 3. The summed E-state index contributed by atoms with van der Waals surface area (Å²) in [5.41, 5.74) is 3.64. The van der Waals surface area contributed by atoms with Gasteiger partial charge in [-0.25, -0.2) is 4.98 Å². The van der Waals surface area contributed by atoms with Gasteiger partial charge in [0, 0.05) is 18.2 Å². The van der Waals surface area contributed by atoms with E-state index >= 15 is 0 Å². The van der Waals surface area contributed by atoms with E-state index in [9.17, 15) is 9.90 Å². The lowest BCUT2D eigenvalue weighted by molar-refractivity contribution is -0.119. The minimum absolute atomic E-state index is 0.00459. The second-order valence-electron chi connectivity index (χ2n) is 6.16. The van der Waals surface area contributed by atoms with Crippen LogP contribution in [0.15, 0.2) is 40.8 Å². The Hall–Kier alpha value is -2.93. The zero-order valence-electron chi connectivity index (χ0n) is 15.2. The second kappa shape index (κ2) is 8.18. The van der Waals surface area contributed by atoms with Crippen molar-refractivity contribution in [3.63, 3.8) is 0 Å². The van der Waals surface area contributed by atoms with E-state index < -0.39 is 0 Å². The summed E-state index contributed by atoms with van der Waals surface area (Å²) in [7, 11) is 0. The summed E-state index contributed by atoms with van der Waals surface area (Å²) < 4.78 is 5.76. The standard InChI is InChI=1S/C20H21N3O3S/c1-3-5-18(25)23-20(27)21-13-7-8-14(16(24)11-13)19-22-15-10-12(4-2)6-9-17(15)26-19/h6-11,24H,3-5H2,1-2H3,(H2,21,23,25,27). The Bertz CT molecular complexity index is 997. The lowest BCUT2D eigenvalue weighted by Crippen LogP contribution is -2.33. The van der Waals surface area contributed by atoms with Crippen molar-refractivity contribution in [3.8, 4) is 17.2 Å². The van der Waals surface area contributed by atoms with Gasteiger partial charge < -0.3 is 20.2 Å². The van der Waals surface area contributed by atoms with Crippen molar-refractivity contribution in [2.24, 2.45) is 0 Å². The summed E-state index contributed by atoms with van der Waals surface area (Å²) in [6, 6.07) is 10.8. The molecule has 3 aromatic rings. The molecule has 0 aliphatic rings. The van der Waals surface area contributed by atoms with Crippen LogP contribution in [0, 0.1) is 0 Å². The Kier molecular flexibility index (Phi) is 5.71. The highest BCUT2D eigenvalue weighted by Gasteiger charge is 2.14. The van der Waals surface area contributed by atoms with Crippen molar-refractivity contribution in [1.82, 2.24) is 10.3 Å². The van der Waals surface area contributed by atoms with Gasteiger partial charge in [-0.2, -0.15) is 0 Å². The van der Waals surface area contributed by atoms with E-state index in [1.807, 2.05) is 25.1 Å². The Morgan fingerprint density at radius 3 is 2.74 bits per heavy atom. The number of anilines is 1. The normalized spacial score (nSPS) is 10.7. The first kappa shape index (κ1) is 18.8. The zero-order chi connectivity index (χ0) is 19.4. The van der Waals surface area contributed by atoms with Crippen LogP contribution in [0.2, 0.25) is 0 Å². The highest BCUT2D eigenvalue weighted by Crippen LogP contribution is 2.33. The molecule has 0 saturated carbocycles. The van der Waals surface area contributed by atoms with Gasteiger partial charge in [0.15, 0.2) is 10.7 Å². The highest BCUT2D eigenvalue weighted by atomic mass is 32.1. The minimum atomic E-state index is -0.145. The Balaban J connectivity index is 1.78. The fraction of sp³-hybridized carbons (Fsp3) is 0.250. The van der Waals surface area contributed by atoms with Gasteiger partial charge in [0.05, 0.1) is 5.56 Å². The van der Waals surface area contributed by atoms with Crippen molar-refractivity contribution in [1.29, 1.82) is 0 Å². The number of carbonyl (C=O) groups is 1. The first-order valence-electron chi connectivity index (χ1n) is 8.83. The third kappa shape index (κ3) is 4.43. The summed E-state index contributed by atoms with van der Waals surface area (Å²) >= 11 is 5.11. The van der Waals surface area contributed by atoms with Gasteiger partial charge >= 0.3 is 0 Å². The van der Waals surface area contributed by atoms with Crippen molar-refractivity contribution in [2.75, 3.05) is 5.32 Å². The number of aryl methyl sites for hydroxylation is 1. The lowest BCUT2D eigenvalue weighted by Gasteiger charge is -2.10. The van der Waals surface area contributed by atoms with Crippen LogP contribution >= 0.6 is 12.2 Å². The molecule has 1 aromatic heterocycles. The van der Waals surface area contributed by atoms with Crippen LogP contribution in [-0.2, 0) is 11.2 Å². The fourth-order valence-electron chi connectivity index (χ4n) is 2.68. The van der Waals surface area contributed by atoms with E-state index in [2.05, 4.69) is 22.5 Å². The maximum Gasteiger partial charge on any atom is 0.231 e. The number of phenols is 1. The molecule has 0 bridgehead atoms. The third-order valence-electron chi connectivity index (χ3n) is 4.08. The molecule has 0 spiro atoms. The van der Waals surface area contributed by atoms with Crippen LogP contribution in [0.4, 0.5) is 5.69 Å². The fourth-order valence-corrected chi connectivity index (χ4v) is 2.91. The van der Waals surface area contributed by atoms with Gasteiger partial charge in [-0.05, 0) is 54.9 Å². The number of carbonyl (C=O) groups excluding carboxylic acids is 1. The molecule has 0 aliphatic carbocycles. The Morgan fingerprint density at radius 1 is 1.22 bits per heavy atom. The van der Waals surface area contributed by atoms with Gasteiger partial charge in [-0.1, -0.05) is 19.9 Å². The number of rotatable bonds is 5. The number of thiocarbonyl (C=S) groups is 1. The monoisotopic (exact) mass is 383 g/mol. The number of nitrogens with zero attached hydrogens (tertiary/aromatic N) is 1. The predicted molar refractivity (Wildman–Crippen MR) is 110 cm³/mol. The number of oxazole rings is 1. The van der Waals surface area contributed by atoms with Crippen molar-refractivity contribution in [2.45, 2.75) is 33.1 Å². The van der Waals surface area contributed by atoms with Gasteiger partial charge in [0.1, 0.15) is 11.3 Å².